The van der Waals surface area contributed by atoms with Crippen LogP contribution in [0.4, 0.5) is 24.8 Å². The maximum Gasteiger partial charge on any atom is 0.416 e. The van der Waals surface area contributed by atoms with Crippen LogP contribution in [0.15, 0.2) is 64.9 Å². The van der Waals surface area contributed by atoms with Crippen molar-refractivity contribution in [1.82, 2.24) is 14.9 Å². The number of aromatic nitrogens is 3. The van der Waals surface area contributed by atoms with Crippen LogP contribution in [-0.4, -0.2) is 32.2 Å². The zero-order valence-corrected chi connectivity index (χ0v) is 17.0. The Kier molecular flexibility index (Phi) is 6.80. The zero-order chi connectivity index (χ0) is 22.4. The maximum atomic E-state index is 12.8. The predicted molar refractivity (Wildman–Crippen MR) is 113 cm³/mol. The third-order valence-electron chi connectivity index (χ3n) is 3.99. The molecule has 0 bridgehead atoms. The van der Waals surface area contributed by atoms with Crippen LogP contribution in [-0.2, 0) is 11.0 Å². The van der Waals surface area contributed by atoms with Crippen molar-refractivity contribution in [3.05, 3.63) is 65.7 Å². The van der Waals surface area contributed by atoms with Crippen molar-refractivity contribution < 1.29 is 18.0 Å². The molecule has 3 rings (SSSR count). The number of thioether (sulfide) groups is 1. The maximum absolute atomic E-state index is 12.8. The quantitative estimate of drug-likeness (QED) is 0.220. The first kappa shape index (κ1) is 22.2. The molecule has 1 aromatic heterocycles. The molecule has 0 radical (unpaired) electrons. The van der Waals surface area contributed by atoms with Gasteiger partial charge in [-0.05, 0) is 30.7 Å². The van der Waals surface area contributed by atoms with Gasteiger partial charge in [-0.25, -0.2) is 10.1 Å². The molecule has 1 heterocycles. The molecule has 8 nitrogen and oxygen atoms in total. The lowest BCUT2D eigenvalue weighted by Gasteiger charge is -2.09. The number of rotatable bonds is 7. The van der Waals surface area contributed by atoms with Gasteiger partial charge in [-0.3, -0.25) is 4.79 Å². The van der Waals surface area contributed by atoms with Crippen molar-refractivity contribution >= 4 is 35.0 Å². The van der Waals surface area contributed by atoms with Gasteiger partial charge in [0.25, 0.3) is 5.95 Å². The predicted octanol–water partition coefficient (Wildman–Crippen LogP) is 3.58. The molecule has 0 unspecified atom stereocenters. The fraction of sp³-hybridized carbons (Fsp3) is 0.158. The molecule has 2 aromatic carbocycles. The number of hydrogen-bond donors (Lipinski definition) is 3. The molecular formula is C19H18F3N7OS. The first-order valence-electron chi connectivity index (χ1n) is 8.90. The van der Waals surface area contributed by atoms with Gasteiger partial charge in [-0.1, -0.05) is 48.2 Å². The van der Waals surface area contributed by atoms with Gasteiger partial charge < -0.3 is 11.2 Å². The molecule has 1 amide bonds. The summed E-state index contributed by atoms with van der Waals surface area (Å²) in [5.74, 6) is 5.44. The number of benzene rings is 2. The van der Waals surface area contributed by atoms with Crippen LogP contribution < -0.4 is 16.6 Å². The van der Waals surface area contributed by atoms with Crippen molar-refractivity contribution in [2.45, 2.75) is 18.3 Å². The topological polar surface area (TPSA) is 110 Å². The minimum absolute atomic E-state index is 0.0442. The average molecular weight is 449 g/mol. The summed E-state index contributed by atoms with van der Waals surface area (Å²) in [4.78, 5) is 12.1. The summed E-state index contributed by atoms with van der Waals surface area (Å²) in [6.07, 6.45) is -4.49. The number of hydrogen-bond acceptors (Lipinski definition) is 7. The molecule has 0 aliphatic rings. The van der Waals surface area contributed by atoms with Crippen molar-refractivity contribution in [3.63, 3.8) is 0 Å². The third kappa shape index (κ3) is 5.98. The lowest BCUT2D eigenvalue weighted by molar-refractivity contribution is -0.137. The van der Waals surface area contributed by atoms with Crippen molar-refractivity contribution in [2.75, 3.05) is 22.3 Å². The summed E-state index contributed by atoms with van der Waals surface area (Å²) in [6, 6.07) is 13.9. The number of hydrazone groups is 1. The van der Waals surface area contributed by atoms with Gasteiger partial charge in [0.2, 0.25) is 11.1 Å². The molecule has 0 spiro atoms. The molecule has 0 atom stereocenters. The van der Waals surface area contributed by atoms with Crippen LogP contribution >= 0.6 is 11.8 Å². The Bertz CT molecular complexity index is 1080. The van der Waals surface area contributed by atoms with Gasteiger partial charge in [0.05, 0.1) is 17.0 Å². The number of carbonyl (C=O) groups is 1. The second-order valence-corrected chi connectivity index (χ2v) is 7.21. The Labute approximate surface area is 179 Å². The molecule has 31 heavy (non-hydrogen) atoms. The highest BCUT2D eigenvalue weighted by molar-refractivity contribution is 7.99. The first-order chi connectivity index (χ1) is 14.7. The van der Waals surface area contributed by atoms with E-state index in [4.69, 9.17) is 5.84 Å². The van der Waals surface area contributed by atoms with Crippen LogP contribution in [0.1, 0.15) is 18.1 Å². The largest absolute Gasteiger partial charge is 0.416 e. The van der Waals surface area contributed by atoms with Gasteiger partial charge in [-0.2, -0.15) is 18.3 Å². The van der Waals surface area contributed by atoms with Gasteiger partial charge in [0.1, 0.15) is 0 Å². The number of nitrogen functional groups attached to an aromatic ring is 1. The summed E-state index contributed by atoms with van der Waals surface area (Å²) in [5.41, 5.74) is 3.53. The van der Waals surface area contributed by atoms with E-state index < -0.39 is 17.6 Å². The number of amides is 1. The molecular weight excluding hydrogens is 431 g/mol. The number of halogens is 3. The summed E-state index contributed by atoms with van der Waals surface area (Å²) in [6.45, 7) is 1.81. The molecule has 0 saturated heterocycles. The second-order valence-electron chi connectivity index (χ2n) is 6.27. The number of nitrogens with zero attached hydrogens (tertiary/aromatic N) is 4. The molecule has 162 valence electrons. The fourth-order valence-corrected chi connectivity index (χ4v) is 3.09. The minimum atomic E-state index is -4.49. The monoisotopic (exact) mass is 449 g/mol. The van der Waals surface area contributed by atoms with Crippen LogP contribution in [0, 0.1) is 0 Å². The molecule has 4 N–H and O–H groups in total. The molecule has 0 aliphatic carbocycles. The summed E-state index contributed by atoms with van der Waals surface area (Å²) in [7, 11) is 0. The van der Waals surface area contributed by atoms with Gasteiger partial charge in [0.15, 0.2) is 0 Å². The zero-order valence-electron chi connectivity index (χ0n) is 16.2. The first-order valence-corrected chi connectivity index (χ1v) is 9.88. The SMILES string of the molecule is C/C(=N\Nc1nnc(SCC(=O)Nc2cccc(C(F)(F)F)c2)n1N)c1ccccc1. The van der Waals surface area contributed by atoms with E-state index in [1.54, 1.807) is 0 Å². The van der Waals surface area contributed by atoms with E-state index in [-0.39, 0.29) is 22.5 Å². The third-order valence-corrected chi connectivity index (χ3v) is 4.93. The van der Waals surface area contributed by atoms with E-state index in [0.29, 0.717) is 5.71 Å². The molecule has 0 saturated carbocycles. The Morgan fingerprint density at radius 1 is 1.16 bits per heavy atom. The Hall–Kier alpha value is -3.54. The van der Waals surface area contributed by atoms with Gasteiger partial charge >= 0.3 is 6.18 Å². The minimum Gasteiger partial charge on any atom is -0.334 e. The van der Waals surface area contributed by atoms with Crippen LogP contribution in [0.3, 0.4) is 0 Å². The Morgan fingerprint density at radius 3 is 2.61 bits per heavy atom. The van der Waals surface area contributed by atoms with Crippen LogP contribution in [0.5, 0.6) is 0 Å². The number of carbonyl (C=O) groups excluding carboxylic acids is 1. The summed E-state index contributed by atoms with van der Waals surface area (Å²) < 4.78 is 39.4. The van der Waals surface area contributed by atoms with Gasteiger partial charge in [-0.15, -0.1) is 10.2 Å². The second kappa shape index (κ2) is 9.51. The van der Waals surface area contributed by atoms with E-state index in [0.717, 1.165) is 34.1 Å². The van der Waals surface area contributed by atoms with E-state index in [1.807, 2.05) is 37.3 Å². The lowest BCUT2D eigenvalue weighted by atomic mass is 10.1. The fourth-order valence-electron chi connectivity index (χ4n) is 2.43. The Balaban J connectivity index is 1.57. The summed E-state index contributed by atoms with van der Waals surface area (Å²) in [5, 5.41) is 14.6. The lowest BCUT2D eigenvalue weighted by Crippen LogP contribution is -2.17. The highest BCUT2D eigenvalue weighted by Gasteiger charge is 2.30. The number of alkyl halides is 3. The van der Waals surface area contributed by atoms with Crippen molar-refractivity contribution in [3.8, 4) is 0 Å². The molecule has 12 heteroatoms. The van der Waals surface area contributed by atoms with Crippen LogP contribution in [0.25, 0.3) is 0 Å². The van der Waals surface area contributed by atoms with E-state index in [1.165, 1.54) is 12.1 Å². The van der Waals surface area contributed by atoms with E-state index in [9.17, 15) is 18.0 Å². The number of nitrogens with two attached hydrogens (primary N) is 1. The highest BCUT2D eigenvalue weighted by atomic mass is 32.2. The standard InChI is InChI=1S/C19H18F3N7OS/c1-12(13-6-3-2-4-7-13)25-26-17-27-28-18(29(17)23)31-11-16(30)24-15-9-5-8-14(10-15)19(20,21)22/h2-10H,11,23H2,1H3,(H,24,30)(H,26,27)/b25-12+. The van der Waals surface area contributed by atoms with Crippen LogP contribution in [0.2, 0.25) is 0 Å². The molecule has 0 aliphatic heterocycles. The van der Waals surface area contributed by atoms with Crippen molar-refractivity contribution in [1.29, 1.82) is 0 Å². The van der Waals surface area contributed by atoms with Crippen molar-refractivity contribution in [2.24, 2.45) is 5.10 Å². The number of anilines is 2. The van der Waals surface area contributed by atoms with E-state index >= 15 is 0 Å². The highest BCUT2D eigenvalue weighted by Crippen LogP contribution is 2.30. The Morgan fingerprint density at radius 2 is 1.90 bits per heavy atom. The summed E-state index contributed by atoms with van der Waals surface area (Å²) >= 11 is 0.977. The average Bonchev–Trinajstić information content (AvgIpc) is 3.10. The normalized spacial score (nSPS) is 11.9. The molecule has 3 aromatic rings. The van der Waals surface area contributed by atoms with E-state index in [2.05, 4.69) is 26.0 Å². The smallest absolute Gasteiger partial charge is 0.334 e. The van der Waals surface area contributed by atoms with Gasteiger partial charge in [0, 0.05) is 5.69 Å². The number of nitrogens with one attached hydrogen (secondary N) is 2. The molecule has 0 fully saturated rings.